The maximum atomic E-state index is 14.5. The standard InChI is InChI=1S/C28H27F3N4O2/c1-18(2)34-17-35(37,23-8-5-7-22(15-23)28(29,30)31)19(3)25(27(34)36)24-9-6-14-33(4)26(24)21-12-10-20(16-32)11-13-21/h5-13,15,18H,14,17H2,1-4H3. The molecule has 0 aromatic heterocycles. The zero-order valence-electron chi connectivity index (χ0n) is 21.0. The summed E-state index contributed by atoms with van der Waals surface area (Å²) in [6.45, 7) is 5.27. The molecule has 192 valence electrons. The molecular weight excluding hydrogens is 481 g/mol. The van der Waals surface area contributed by atoms with Crippen LogP contribution >= 0.6 is 0 Å². The molecule has 0 fully saturated rings. The molecule has 2 aromatic rings. The Balaban J connectivity index is 1.99. The minimum absolute atomic E-state index is 0.100. The molecule has 0 saturated carbocycles. The van der Waals surface area contributed by atoms with Crippen LogP contribution in [0.4, 0.5) is 18.9 Å². The van der Waals surface area contributed by atoms with E-state index in [0.29, 0.717) is 23.4 Å². The lowest BCUT2D eigenvalue weighted by atomic mass is 9.91. The Morgan fingerprint density at radius 1 is 1.14 bits per heavy atom. The van der Waals surface area contributed by atoms with Crippen molar-refractivity contribution in [2.75, 3.05) is 20.3 Å². The Morgan fingerprint density at radius 3 is 2.41 bits per heavy atom. The first-order valence-electron chi connectivity index (χ1n) is 11.8. The summed E-state index contributed by atoms with van der Waals surface area (Å²) in [7, 11) is 1.85. The third-order valence-electron chi connectivity index (χ3n) is 6.80. The van der Waals surface area contributed by atoms with E-state index in [0.717, 1.165) is 17.7 Å². The molecule has 0 spiro atoms. The molecule has 2 aromatic carbocycles. The number of nitriles is 1. The van der Waals surface area contributed by atoms with Crippen LogP contribution in [0.15, 0.2) is 77.5 Å². The second-order valence-corrected chi connectivity index (χ2v) is 9.49. The smallest absolute Gasteiger partial charge is 0.416 e. The summed E-state index contributed by atoms with van der Waals surface area (Å²) >= 11 is 0. The zero-order chi connectivity index (χ0) is 27.1. The van der Waals surface area contributed by atoms with Gasteiger partial charge >= 0.3 is 6.18 Å². The molecule has 0 radical (unpaired) electrons. The fraction of sp³-hybridized carbons (Fsp3) is 0.286. The highest BCUT2D eigenvalue weighted by atomic mass is 19.4. The summed E-state index contributed by atoms with van der Waals surface area (Å²) in [4.78, 5) is 17.2. The minimum Gasteiger partial charge on any atom is -0.621 e. The highest BCUT2D eigenvalue weighted by molar-refractivity contribution is 6.04. The largest absolute Gasteiger partial charge is 0.621 e. The number of carbonyl (C=O) groups excluding carboxylic acids is 1. The van der Waals surface area contributed by atoms with Crippen LogP contribution in [0, 0.1) is 16.5 Å². The van der Waals surface area contributed by atoms with Gasteiger partial charge in [0.05, 0.1) is 22.9 Å². The molecule has 2 aliphatic heterocycles. The molecule has 1 unspecified atom stereocenters. The van der Waals surface area contributed by atoms with Crippen LogP contribution in [0.2, 0.25) is 0 Å². The van der Waals surface area contributed by atoms with Crippen molar-refractivity contribution < 1.29 is 18.0 Å². The number of hydrogen-bond acceptors (Lipinski definition) is 4. The molecule has 37 heavy (non-hydrogen) atoms. The van der Waals surface area contributed by atoms with E-state index >= 15 is 0 Å². The van der Waals surface area contributed by atoms with E-state index in [1.165, 1.54) is 24.0 Å². The third kappa shape index (κ3) is 4.66. The average molecular weight is 509 g/mol. The average Bonchev–Trinajstić information content (AvgIpc) is 2.86. The van der Waals surface area contributed by atoms with Gasteiger partial charge in [0.15, 0.2) is 6.67 Å². The number of amides is 1. The lowest BCUT2D eigenvalue weighted by molar-refractivity contribution is -0.137. The van der Waals surface area contributed by atoms with Gasteiger partial charge in [-0.3, -0.25) is 14.3 Å². The summed E-state index contributed by atoms with van der Waals surface area (Å²) < 4.78 is 39.3. The van der Waals surface area contributed by atoms with Gasteiger partial charge in [-0.1, -0.05) is 30.4 Å². The van der Waals surface area contributed by atoms with Crippen molar-refractivity contribution >= 4 is 17.3 Å². The molecule has 1 amide bonds. The van der Waals surface area contributed by atoms with Crippen LogP contribution in [0.3, 0.4) is 0 Å². The Morgan fingerprint density at radius 2 is 1.81 bits per heavy atom. The first kappa shape index (κ1) is 26.2. The first-order valence-corrected chi connectivity index (χ1v) is 11.8. The van der Waals surface area contributed by atoms with Gasteiger partial charge in [-0.2, -0.15) is 18.4 Å². The van der Waals surface area contributed by atoms with Gasteiger partial charge in [0, 0.05) is 38.2 Å². The van der Waals surface area contributed by atoms with Crippen LogP contribution in [0.1, 0.15) is 37.5 Å². The molecular formula is C28H27F3N4O2. The molecule has 0 N–H and O–H groups in total. The molecule has 0 saturated heterocycles. The first-order chi connectivity index (χ1) is 17.4. The van der Waals surface area contributed by atoms with Crippen molar-refractivity contribution in [3.05, 3.63) is 99.4 Å². The number of alkyl halides is 3. The molecule has 2 aliphatic rings. The lowest BCUT2D eigenvalue weighted by Crippen LogP contribution is -2.58. The predicted octanol–water partition coefficient (Wildman–Crippen LogP) is 5.78. The van der Waals surface area contributed by atoms with Gasteiger partial charge in [-0.25, -0.2) is 0 Å². The molecule has 6 nitrogen and oxygen atoms in total. The number of halogens is 3. The molecule has 0 aliphatic carbocycles. The Labute approximate surface area is 214 Å². The van der Waals surface area contributed by atoms with E-state index in [1.807, 2.05) is 18.0 Å². The normalized spacial score (nSPS) is 20.7. The van der Waals surface area contributed by atoms with Gasteiger partial charge in [0.25, 0.3) is 5.91 Å². The molecule has 9 heteroatoms. The fourth-order valence-corrected chi connectivity index (χ4v) is 4.74. The van der Waals surface area contributed by atoms with Crippen molar-refractivity contribution in [1.29, 1.82) is 5.26 Å². The molecule has 0 bridgehead atoms. The summed E-state index contributed by atoms with van der Waals surface area (Å²) in [6, 6.07) is 13.0. The van der Waals surface area contributed by atoms with Crippen LogP contribution in [-0.4, -0.2) is 42.0 Å². The van der Waals surface area contributed by atoms with Gasteiger partial charge < -0.3 is 10.1 Å². The topological polar surface area (TPSA) is 70.4 Å². The quantitative estimate of drug-likeness (QED) is 0.388. The van der Waals surface area contributed by atoms with E-state index in [2.05, 4.69) is 6.07 Å². The number of hydroxylamine groups is 2. The number of quaternary nitrogens is 1. The highest BCUT2D eigenvalue weighted by Crippen LogP contribution is 2.42. The van der Waals surface area contributed by atoms with E-state index in [-0.39, 0.29) is 35.6 Å². The number of likely N-dealkylation sites (N-methyl/N-ethyl adjacent to an activating group) is 1. The van der Waals surface area contributed by atoms with Crippen LogP contribution < -0.4 is 4.65 Å². The number of carbonyl (C=O) groups is 1. The van der Waals surface area contributed by atoms with Crippen LogP contribution in [0.5, 0.6) is 0 Å². The number of hydrogen-bond donors (Lipinski definition) is 0. The maximum Gasteiger partial charge on any atom is 0.416 e. The monoisotopic (exact) mass is 508 g/mol. The van der Waals surface area contributed by atoms with Gasteiger partial charge in [0.2, 0.25) is 0 Å². The van der Waals surface area contributed by atoms with E-state index in [4.69, 9.17) is 0 Å². The van der Waals surface area contributed by atoms with Gasteiger partial charge in [-0.15, -0.1) is 0 Å². The number of nitrogens with zero attached hydrogens (tertiary/aromatic N) is 4. The zero-order valence-corrected chi connectivity index (χ0v) is 21.0. The van der Waals surface area contributed by atoms with E-state index < -0.39 is 16.4 Å². The Kier molecular flexibility index (Phi) is 6.76. The molecule has 2 heterocycles. The third-order valence-corrected chi connectivity index (χ3v) is 6.80. The van der Waals surface area contributed by atoms with E-state index in [9.17, 15) is 28.4 Å². The number of allylic oxidation sites excluding steroid dienone is 2. The highest BCUT2D eigenvalue weighted by Gasteiger charge is 2.43. The fourth-order valence-electron chi connectivity index (χ4n) is 4.74. The Bertz CT molecular complexity index is 1370. The van der Waals surface area contributed by atoms with Crippen molar-refractivity contribution in [3.63, 3.8) is 0 Å². The van der Waals surface area contributed by atoms with Crippen molar-refractivity contribution in [3.8, 4) is 6.07 Å². The predicted molar refractivity (Wildman–Crippen MR) is 136 cm³/mol. The maximum absolute atomic E-state index is 14.5. The number of benzene rings is 2. The van der Waals surface area contributed by atoms with Crippen molar-refractivity contribution in [1.82, 2.24) is 14.4 Å². The van der Waals surface area contributed by atoms with Crippen molar-refractivity contribution in [2.24, 2.45) is 0 Å². The molecule has 1 atom stereocenters. The van der Waals surface area contributed by atoms with Gasteiger partial charge in [0.1, 0.15) is 17.0 Å². The molecule has 4 rings (SSSR count). The summed E-state index contributed by atoms with van der Waals surface area (Å²) in [6.07, 6.45) is -0.961. The second-order valence-electron chi connectivity index (χ2n) is 9.49. The Hall–Kier alpha value is -3.87. The van der Waals surface area contributed by atoms with Crippen LogP contribution in [-0.2, 0) is 11.0 Å². The summed E-state index contributed by atoms with van der Waals surface area (Å²) in [5.74, 6) is -0.356. The van der Waals surface area contributed by atoms with E-state index in [1.54, 1.807) is 44.2 Å². The summed E-state index contributed by atoms with van der Waals surface area (Å²) in [5.41, 5.74) is 1.69. The number of rotatable bonds is 4. The minimum atomic E-state index is -4.61. The summed E-state index contributed by atoms with van der Waals surface area (Å²) in [5, 5.41) is 23.7. The lowest BCUT2D eigenvalue weighted by Gasteiger charge is -2.50. The SMILES string of the molecule is CC1=C(C2=C(c3ccc(C#N)cc3)N(C)CC=C2)C(=O)N(C(C)C)C[N+]1([O-])c1cccc(C(F)(F)F)c1. The van der Waals surface area contributed by atoms with Crippen LogP contribution in [0.25, 0.3) is 5.70 Å². The van der Waals surface area contributed by atoms with Crippen molar-refractivity contribution in [2.45, 2.75) is 33.0 Å². The van der Waals surface area contributed by atoms with Gasteiger partial charge in [-0.05, 0) is 43.7 Å². The second kappa shape index (κ2) is 9.54.